The van der Waals surface area contributed by atoms with Crippen molar-refractivity contribution >= 4 is 16.5 Å². The summed E-state index contributed by atoms with van der Waals surface area (Å²) >= 11 is 1.43. The first-order valence-corrected chi connectivity index (χ1v) is 3.68. The number of nitriles is 1. The third-order valence-electron chi connectivity index (χ3n) is 0.873. The van der Waals surface area contributed by atoms with Crippen molar-refractivity contribution < 1.29 is 0 Å². The Morgan fingerprint density at radius 3 is 3.30 bits per heavy atom. The highest BCUT2D eigenvalue weighted by atomic mass is 32.1. The number of nitrogens with zero attached hydrogens (tertiary/aromatic N) is 3. The Bertz CT molecular complexity index is 212. The molecule has 0 aliphatic rings. The molecule has 4 nitrogen and oxygen atoms in total. The van der Waals surface area contributed by atoms with Crippen molar-refractivity contribution in [1.82, 2.24) is 10.2 Å². The van der Waals surface area contributed by atoms with E-state index in [1.54, 1.807) is 5.51 Å². The summed E-state index contributed by atoms with van der Waals surface area (Å²) in [5.41, 5.74) is 1.65. The molecule has 0 aliphatic heterocycles. The number of nitrogens with one attached hydrogen (secondary N) is 1. The predicted octanol–water partition coefficient (Wildman–Crippen LogP) is 0.864. The van der Waals surface area contributed by atoms with Crippen LogP contribution in [0, 0.1) is 11.3 Å². The van der Waals surface area contributed by atoms with E-state index in [2.05, 4.69) is 15.5 Å². The van der Waals surface area contributed by atoms with Gasteiger partial charge in [-0.3, -0.25) is 0 Å². The normalized spacial score (nSPS) is 8.70. The van der Waals surface area contributed by atoms with Crippen molar-refractivity contribution in [3.8, 4) is 6.07 Å². The fourth-order valence-corrected chi connectivity index (χ4v) is 0.949. The van der Waals surface area contributed by atoms with Crippen LogP contribution in [0.1, 0.15) is 6.42 Å². The summed E-state index contributed by atoms with van der Waals surface area (Å²) in [6.45, 7) is 0.645. The number of anilines is 1. The molecule has 0 aliphatic carbocycles. The van der Waals surface area contributed by atoms with E-state index >= 15 is 0 Å². The molecule has 10 heavy (non-hydrogen) atoms. The van der Waals surface area contributed by atoms with Gasteiger partial charge in [-0.1, -0.05) is 11.3 Å². The van der Waals surface area contributed by atoms with Gasteiger partial charge >= 0.3 is 0 Å². The van der Waals surface area contributed by atoms with Gasteiger partial charge in [0, 0.05) is 6.54 Å². The molecule has 0 saturated carbocycles. The van der Waals surface area contributed by atoms with E-state index in [-0.39, 0.29) is 0 Å². The smallest absolute Gasteiger partial charge is 0.205 e. The van der Waals surface area contributed by atoms with Crippen LogP contribution in [-0.2, 0) is 0 Å². The van der Waals surface area contributed by atoms with Gasteiger partial charge in [0.2, 0.25) is 5.13 Å². The Hall–Kier alpha value is -1.15. The first-order chi connectivity index (χ1) is 4.93. The summed E-state index contributed by atoms with van der Waals surface area (Å²) in [6, 6.07) is 2.02. The van der Waals surface area contributed by atoms with Gasteiger partial charge in [-0.15, -0.1) is 10.2 Å². The molecule has 1 heterocycles. The van der Waals surface area contributed by atoms with Gasteiger partial charge < -0.3 is 5.32 Å². The lowest BCUT2D eigenvalue weighted by Crippen LogP contribution is -1.99. The fourth-order valence-electron chi connectivity index (χ4n) is 0.475. The summed E-state index contributed by atoms with van der Waals surface area (Å²) in [5, 5.41) is 19.3. The van der Waals surface area contributed by atoms with E-state index < -0.39 is 0 Å². The van der Waals surface area contributed by atoms with Crippen LogP contribution in [0.5, 0.6) is 0 Å². The van der Waals surface area contributed by atoms with Gasteiger partial charge in [0.05, 0.1) is 12.5 Å². The zero-order valence-corrected chi connectivity index (χ0v) is 6.06. The summed E-state index contributed by atoms with van der Waals surface area (Å²) in [6.07, 6.45) is 0.500. The molecule has 1 rings (SSSR count). The minimum atomic E-state index is 0.500. The highest BCUT2D eigenvalue weighted by Crippen LogP contribution is 2.06. The van der Waals surface area contributed by atoms with E-state index in [0.29, 0.717) is 13.0 Å². The first-order valence-electron chi connectivity index (χ1n) is 2.80. The molecule has 0 unspecified atom stereocenters. The monoisotopic (exact) mass is 154 g/mol. The molecule has 0 bridgehead atoms. The lowest BCUT2D eigenvalue weighted by Gasteiger charge is -1.93. The Kier molecular flexibility index (Phi) is 2.64. The topological polar surface area (TPSA) is 61.6 Å². The zero-order chi connectivity index (χ0) is 7.23. The van der Waals surface area contributed by atoms with Gasteiger partial charge in [-0.05, 0) is 0 Å². The maximum atomic E-state index is 8.17. The molecule has 0 radical (unpaired) electrons. The maximum absolute atomic E-state index is 8.17. The van der Waals surface area contributed by atoms with E-state index in [9.17, 15) is 0 Å². The van der Waals surface area contributed by atoms with Crippen LogP contribution in [0.4, 0.5) is 5.13 Å². The van der Waals surface area contributed by atoms with E-state index in [4.69, 9.17) is 5.26 Å². The van der Waals surface area contributed by atoms with Crippen LogP contribution in [0.2, 0.25) is 0 Å². The second-order valence-corrected chi connectivity index (χ2v) is 2.41. The van der Waals surface area contributed by atoms with Crippen molar-refractivity contribution in [3.05, 3.63) is 5.51 Å². The fraction of sp³-hybridized carbons (Fsp3) is 0.400. The summed E-state index contributed by atoms with van der Waals surface area (Å²) in [5.74, 6) is 0. The molecule has 0 amide bonds. The molecule has 1 aromatic heterocycles. The van der Waals surface area contributed by atoms with Crippen molar-refractivity contribution in [3.63, 3.8) is 0 Å². The SMILES string of the molecule is N#CCCNc1nncs1. The number of rotatable bonds is 3. The van der Waals surface area contributed by atoms with E-state index in [1.807, 2.05) is 6.07 Å². The van der Waals surface area contributed by atoms with Crippen LogP contribution in [0.3, 0.4) is 0 Å². The predicted molar refractivity (Wildman–Crippen MR) is 38.6 cm³/mol. The second-order valence-electron chi connectivity index (χ2n) is 1.58. The number of hydrogen-bond donors (Lipinski definition) is 1. The van der Waals surface area contributed by atoms with Crippen LogP contribution in [0.25, 0.3) is 0 Å². The summed E-state index contributed by atoms with van der Waals surface area (Å²) in [7, 11) is 0. The molecule has 0 aromatic carbocycles. The highest BCUT2D eigenvalue weighted by Gasteiger charge is 1.91. The van der Waals surface area contributed by atoms with Gasteiger partial charge in [-0.25, -0.2) is 0 Å². The molecule has 0 saturated heterocycles. The van der Waals surface area contributed by atoms with Gasteiger partial charge in [0.15, 0.2) is 0 Å². The number of aromatic nitrogens is 2. The van der Waals surface area contributed by atoms with Crippen LogP contribution >= 0.6 is 11.3 Å². The Balaban J connectivity index is 2.23. The van der Waals surface area contributed by atoms with Crippen LogP contribution < -0.4 is 5.32 Å². The third-order valence-corrected chi connectivity index (χ3v) is 1.52. The van der Waals surface area contributed by atoms with Crippen molar-refractivity contribution in [2.45, 2.75) is 6.42 Å². The van der Waals surface area contributed by atoms with Crippen molar-refractivity contribution in [2.75, 3.05) is 11.9 Å². The average molecular weight is 154 g/mol. The summed E-state index contributed by atoms with van der Waals surface area (Å²) < 4.78 is 0. The summed E-state index contributed by atoms with van der Waals surface area (Å²) in [4.78, 5) is 0. The molecule has 0 fully saturated rings. The minimum Gasteiger partial charge on any atom is -0.359 e. The van der Waals surface area contributed by atoms with Gasteiger partial charge in [-0.2, -0.15) is 5.26 Å². The van der Waals surface area contributed by atoms with E-state index in [1.165, 1.54) is 11.3 Å². The molecule has 1 aromatic rings. The minimum absolute atomic E-state index is 0.500. The van der Waals surface area contributed by atoms with Crippen LogP contribution in [-0.4, -0.2) is 16.7 Å². The lowest BCUT2D eigenvalue weighted by molar-refractivity contribution is 1.03. The van der Waals surface area contributed by atoms with Crippen LogP contribution in [0.15, 0.2) is 5.51 Å². The molecule has 5 heteroatoms. The molecule has 0 spiro atoms. The largest absolute Gasteiger partial charge is 0.359 e. The average Bonchev–Trinajstić information content (AvgIpc) is 2.41. The lowest BCUT2D eigenvalue weighted by atomic mass is 10.5. The molecule has 52 valence electrons. The Morgan fingerprint density at radius 2 is 2.70 bits per heavy atom. The van der Waals surface area contributed by atoms with Gasteiger partial charge in [0.25, 0.3) is 0 Å². The zero-order valence-electron chi connectivity index (χ0n) is 5.24. The maximum Gasteiger partial charge on any atom is 0.205 e. The van der Waals surface area contributed by atoms with Crippen molar-refractivity contribution in [2.24, 2.45) is 0 Å². The second kappa shape index (κ2) is 3.80. The molecular formula is C5H6N4S. The van der Waals surface area contributed by atoms with E-state index in [0.717, 1.165) is 5.13 Å². The number of hydrogen-bond acceptors (Lipinski definition) is 5. The first kappa shape index (κ1) is 6.96. The highest BCUT2D eigenvalue weighted by molar-refractivity contribution is 7.13. The third kappa shape index (κ3) is 1.99. The molecular weight excluding hydrogens is 148 g/mol. The Morgan fingerprint density at radius 1 is 1.80 bits per heavy atom. The van der Waals surface area contributed by atoms with Gasteiger partial charge in [0.1, 0.15) is 5.51 Å². The quantitative estimate of drug-likeness (QED) is 0.656. The Labute approximate surface area is 62.5 Å². The standard InChI is InChI=1S/C5H6N4S/c6-2-1-3-7-5-9-8-4-10-5/h4H,1,3H2,(H,7,9). The molecule has 0 atom stereocenters. The molecule has 1 N–H and O–H groups in total. The van der Waals surface area contributed by atoms with Crippen molar-refractivity contribution in [1.29, 1.82) is 5.26 Å².